The normalized spacial score (nSPS) is 15.6. The highest BCUT2D eigenvalue weighted by Crippen LogP contribution is 2.29. The number of anilines is 1. The van der Waals surface area contributed by atoms with Crippen molar-refractivity contribution in [3.63, 3.8) is 0 Å². The van der Waals surface area contributed by atoms with Crippen LogP contribution in [0.5, 0.6) is 0 Å². The maximum absolute atomic E-state index is 11.4. The molecule has 0 unspecified atom stereocenters. The van der Waals surface area contributed by atoms with Gasteiger partial charge in [0, 0.05) is 25.3 Å². The largest absolute Gasteiger partial charge is 0.469 e. The first-order chi connectivity index (χ1) is 12.5. The Kier molecular flexibility index (Phi) is 6.82. The molecule has 1 saturated heterocycles. The van der Waals surface area contributed by atoms with Crippen LogP contribution in [-0.4, -0.2) is 48.3 Å². The van der Waals surface area contributed by atoms with Gasteiger partial charge in [-0.1, -0.05) is 12.1 Å². The van der Waals surface area contributed by atoms with Crippen molar-refractivity contribution >= 4 is 11.7 Å². The molecule has 2 rings (SSSR count). The molecule has 1 aliphatic heterocycles. The van der Waals surface area contributed by atoms with Crippen LogP contribution in [0.4, 0.5) is 5.69 Å². The third-order valence-corrected chi connectivity index (χ3v) is 4.71. The van der Waals surface area contributed by atoms with Crippen molar-refractivity contribution in [3.05, 3.63) is 29.8 Å². The molecule has 138 valence electrons. The molecule has 0 aromatic heterocycles. The number of ether oxygens (including phenoxy) is 1. The number of rotatable bonds is 7. The van der Waals surface area contributed by atoms with Crippen LogP contribution >= 0.6 is 0 Å². The van der Waals surface area contributed by atoms with Crippen molar-refractivity contribution in [2.24, 2.45) is 0 Å². The molecule has 0 radical (unpaired) electrons. The van der Waals surface area contributed by atoms with Crippen LogP contribution in [0.15, 0.2) is 24.3 Å². The minimum Gasteiger partial charge on any atom is -0.469 e. The van der Waals surface area contributed by atoms with E-state index in [1.165, 1.54) is 7.11 Å². The summed E-state index contributed by atoms with van der Waals surface area (Å²) in [5.41, 5.74) is 1.07. The lowest BCUT2D eigenvalue weighted by Gasteiger charge is -2.38. The summed E-state index contributed by atoms with van der Waals surface area (Å²) in [5.74, 6) is -0.385. The zero-order valence-corrected chi connectivity index (χ0v) is 15.0. The molecular formula is C19H24N4O3. The quantitative estimate of drug-likeness (QED) is 0.451. The number of aliphatic hydroxyl groups is 1. The number of nitriles is 2. The molecule has 1 heterocycles. The fraction of sp³-hybridized carbons (Fsp3) is 0.526. The van der Waals surface area contributed by atoms with Gasteiger partial charge in [-0.25, -0.2) is 0 Å². The van der Waals surface area contributed by atoms with E-state index < -0.39 is 5.60 Å². The Hall–Kier alpha value is -2.77. The molecule has 1 aromatic carbocycles. The molecule has 0 aliphatic carbocycles. The van der Waals surface area contributed by atoms with E-state index in [0.717, 1.165) is 11.3 Å². The van der Waals surface area contributed by atoms with E-state index in [-0.39, 0.29) is 12.4 Å². The van der Waals surface area contributed by atoms with E-state index in [0.29, 0.717) is 45.4 Å². The summed E-state index contributed by atoms with van der Waals surface area (Å²) in [5, 5.41) is 28.2. The minimum atomic E-state index is -0.989. The van der Waals surface area contributed by atoms with Crippen molar-refractivity contribution in [2.45, 2.75) is 37.8 Å². The Balaban J connectivity index is 1.90. The number of piperidine rings is 1. The Morgan fingerprint density at radius 2 is 1.96 bits per heavy atom. The standard InChI is InChI=1S/C19H24N4O3/c1-26-18(24)13-19(25)7-11-23(12-8-19)17-5-3-16(4-6-17)14-22(15-21)10-2-9-20/h3-6,25H,2,7-8,10-14H2,1H3. The Labute approximate surface area is 154 Å². The summed E-state index contributed by atoms with van der Waals surface area (Å²) in [6.45, 7) is 2.25. The topological polar surface area (TPSA) is 101 Å². The fourth-order valence-corrected chi connectivity index (χ4v) is 3.08. The van der Waals surface area contributed by atoms with Gasteiger partial charge in [-0.05, 0) is 30.5 Å². The Bertz CT molecular complexity index is 682. The summed E-state index contributed by atoms with van der Waals surface area (Å²) < 4.78 is 4.65. The molecule has 1 aromatic rings. The Morgan fingerprint density at radius 1 is 1.31 bits per heavy atom. The molecule has 0 saturated carbocycles. The molecule has 26 heavy (non-hydrogen) atoms. The molecule has 0 atom stereocenters. The number of hydrogen-bond acceptors (Lipinski definition) is 7. The second kappa shape index (κ2) is 9.07. The summed E-state index contributed by atoms with van der Waals surface area (Å²) in [4.78, 5) is 15.1. The predicted octanol–water partition coefficient (Wildman–Crippen LogP) is 1.78. The van der Waals surface area contributed by atoms with Crippen LogP contribution < -0.4 is 4.90 Å². The van der Waals surface area contributed by atoms with Crippen LogP contribution in [0.25, 0.3) is 0 Å². The molecule has 0 amide bonds. The van der Waals surface area contributed by atoms with Crippen LogP contribution in [-0.2, 0) is 16.1 Å². The van der Waals surface area contributed by atoms with Gasteiger partial charge in [-0.3, -0.25) is 4.79 Å². The van der Waals surface area contributed by atoms with Crippen molar-refractivity contribution in [3.8, 4) is 12.3 Å². The Morgan fingerprint density at radius 3 is 2.50 bits per heavy atom. The fourth-order valence-electron chi connectivity index (χ4n) is 3.08. The second-order valence-corrected chi connectivity index (χ2v) is 6.56. The maximum atomic E-state index is 11.4. The van der Waals surface area contributed by atoms with E-state index in [1.807, 2.05) is 30.3 Å². The van der Waals surface area contributed by atoms with E-state index >= 15 is 0 Å². The number of esters is 1. The molecule has 0 bridgehead atoms. The first kappa shape index (κ1) is 19.6. The number of hydrogen-bond donors (Lipinski definition) is 1. The third-order valence-electron chi connectivity index (χ3n) is 4.71. The van der Waals surface area contributed by atoms with Crippen molar-refractivity contribution in [2.75, 3.05) is 31.6 Å². The minimum absolute atomic E-state index is 0.0307. The predicted molar refractivity (Wildman–Crippen MR) is 95.7 cm³/mol. The monoisotopic (exact) mass is 356 g/mol. The highest BCUT2D eigenvalue weighted by atomic mass is 16.5. The molecule has 1 aliphatic rings. The maximum Gasteiger partial charge on any atom is 0.308 e. The average Bonchev–Trinajstić information content (AvgIpc) is 2.66. The lowest BCUT2D eigenvalue weighted by Crippen LogP contribution is -2.45. The van der Waals surface area contributed by atoms with Crippen LogP contribution in [0.3, 0.4) is 0 Å². The van der Waals surface area contributed by atoms with Gasteiger partial charge >= 0.3 is 5.97 Å². The van der Waals surface area contributed by atoms with Crippen LogP contribution in [0.1, 0.15) is 31.2 Å². The van der Waals surface area contributed by atoms with Gasteiger partial charge in [0.25, 0.3) is 0 Å². The molecule has 0 spiro atoms. The van der Waals surface area contributed by atoms with Gasteiger partial charge < -0.3 is 19.6 Å². The highest BCUT2D eigenvalue weighted by molar-refractivity contribution is 5.70. The zero-order chi connectivity index (χ0) is 19.0. The lowest BCUT2D eigenvalue weighted by atomic mass is 9.88. The average molecular weight is 356 g/mol. The van der Waals surface area contributed by atoms with Crippen molar-refractivity contribution in [1.82, 2.24) is 4.90 Å². The van der Waals surface area contributed by atoms with E-state index in [1.54, 1.807) is 4.90 Å². The van der Waals surface area contributed by atoms with Gasteiger partial charge in [-0.15, -0.1) is 0 Å². The summed E-state index contributed by atoms with van der Waals surface area (Å²) >= 11 is 0. The number of carbonyl (C=O) groups excluding carboxylic acids is 1. The van der Waals surface area contributed by atoms with Crippen LogP contribution in [0.2, 0.25) is 0 Å². The summed E-state index contributed by atoms with van der Waals surface area (Å²) in [6, 6.07) is 9.99. The second-order valence-electron chi connectivity index (χ2n) is 6.56. The van der Waals surface area contributed by atoms with E-state index in [2.05, 4.69) is 15.8 Å². The lowest BCUT2D eigenvalue weighted by molar-refractivity contribution is -0.147. The molecular weight excluding hydrogens is 332 g/mol. The van der Waals surface area contributed by atoms with Gasteiger partial charge in [0.1, 0.15) is 0 Å². The van der Waals surface area contributed by atoms with Gasteiger partial charge in [-0.2, -0.15) is 10.5 Å². The first-order valence-electron chi connectivity index (χ1n) is 8.64. The smallest absolute Gasteiger partial charge is 0.308 e. The summed E-state index contributed by atoms with van der Waals surface area (Å²) in [7, 11) is 1.33. The van der Waals surface area contributed by atoms with Crippen molar-refractivity contribution in [1.29, 1.82) is 10.5 Å². The molecule has 1 fully saturated rings. The molecule has 1 N–H and O–H groups in total. The van der Waals surface area contributed by atoms with Crippen molar-refractivity contribution < 1.29 is 14.6 Å². The zero-order valence-electron chi connectivity index (χ0n) is 15.0. The SMILES string of the molecule is COC(=O)CC1(O)CCN(c2ccc(CN(C#N)CCC#N)cc2)CC1. The van der Waals surface area contributed by atoms with Gasteiger partial charge in [0.05, 0.1) is 38.2 Å². The molecule has 7 heteroatoms. The van der Waals surface area contributed by atoms with Gasteiger partial charge in [0.2, 0.25) is 0 Å². The third kappa shape index (κ3) is 5.37. The highest BCUT2D eigenvalue weighted by Gasteiger charge is 2.34. The van der Waals surface area contributed by atoms with Gasteiger partial charge in [0.15, 0.2) is 6.19 Å². The summed E-state index contributed by atoms with van der Waals surface area (Å²) in [6.07, 6.45) is 3.49. The number of benzene rings is 1. The molecule has 7 nitrogen and oxygen atoms in total. The van der Waals surface area contributed by atoms with Crippen LogP contribution in [0, 0.1) is 22.8 Å². The first-order valence-corrected chi connectivity index (χ1v) is 8.64. The number of methoxy groups -OCH3 is 1. The van der Waals surface area contributed by atoms with E-state index in [4.69, 9.17) is 10.5 Å². The number of carbonyl (C=O) groups is 1. The van der Waals surface area contributed by atoms with E-state index in [9.17, 15) is 9.90 Å². The number of nitrogens with zero attached hydrogens (tertiary/aromatic N) is 4.